The Kier molecular flexibility index (Phi) is 2.87. The van der Waals surface area contributed by atoms with E-state index in [-0.39, 0.29) is 18.3 Å². The van der Waals surface area contributed by atoms with Gasteiger partial charge in [0, 0.05) is 0 Å². The SMILES string of the molecule is Cl.N[C@@H]1C(=O)N[C@@H]1CF. The number of rotatable bonds is 1. The Morgan fingerprint density at radius 3 is 2.44 bits per heavy atom. The average Bonchev–Trinajstić information content (AvgIpc) is 1.81. The number of alkyl halides is 1. The molecular formula is C4H8ClFN2O. The average molecular weight is 155 g/mol. The second-order valence-electron chi connectivity index (χ2n) is 1.80. The first-order valence-corrected chi connectivity index (χ1v) is 2.37. The lowest BCUT2D eigenvalue weighted by Crippen LogP contribution is -2.67. The van der Waals surface area contributed by atoms with E-state index < -0.39 is 18.8 Å². The van der Waals surface area contributed by atoms with Crippen molar-refractivity contribution in [1.29, 1.82) is 0 Å². The van der Waals surface area contributed by atoms with Crippen LogP contribution in [0, 0.1) is 0 Å². The van der Waals surface area contributed by atoms with Gasteiger partial charge in [-0.3, -0.25) is 4.79 Å². The number of carbonyl (C=O) groups excluding carboxylic acids is 1. The fourth-order valence-electron chi connectivity index (χ4n) is 0.590. The van der Waals surface area contributed by atoms with Gasteiger partial charge in [-0.2, -0.15) is 0 Å². The van der Waals surface area contributed by atoms with Crippen LogP contribution in [-0.4, -0.2) is 24.7 Å². The van der Waals surface area contributed by atoms with Crippen LogP contribution in [0.25, 0.3) is 0 Å². The molecule has 2 atom stereocenters. The molecule has 0 saturated carbocycles. The van der Waals surface area contributed by atoms with Crippen molar-refractivity contribution in [2.24, 2.45) is 5.73 Å². The van der Waals surface area contributed by atoms with Crippen molar-refractivity contribution in [1.82, 2.24) is 5.32 Å². The van der Waals surface area contributed by atoms with Crippen molar-refractivity contribution in [2.75, 3.05) is 6.67 Å². The third-order valence-corrected chi connectivity index (χ3v) is 1.23. The van der Waals surface area contributed by atoms with Crippen LogP contribution in [-0.2, 0) is 4.79 Å². The summed E-state index contributed by atoms with van der Waals surface area (Å²) in [6.45, 7) is -0.563. The van der Waals surface area contributed by atoms with Crippen molar-refractivity contribution < 1.29 is 9.18 Å². The van der Waals surface area contributed by atoms with E-state index in [1.165, 1.54) is 0 Å². The molecule has 3 N–H and O–H groups in total. The minimum absolute atomic E-state index is 0. The van der Waals surface area contributed by atoms with Gasteiger partial charge in [-0.25, -0.2) is 4.39 Å². The molecule has 0 spiro atoms. The van der Waals surface area contributed by atoms with Gasteiger partial charge < -0.3 is 11.1 Å². The normalized spacial score (nSPS) is 32.0. The smallest absolute Gasteiger partial charge is 0.239 e. The quantitative estimate of drug-likeness (QED) is 0.486. The van der Waals surface area contributed by atoms with Gasteiger partial charge in [-0.1, -0.05) is 0 Å². The number of carbonyl (C=O) groups is 1. The van der Waals surface area contributed by atoms with Gasteiger partial charge in [-0.05, 0) is 0 Å². The molecule has 1 amide bonds. The van der Waals surface area contributed by atoms with Crippen molar-refractivity contribution in [3.05, 3.63) is 0 Å². The second-order valence-corrected chi connectivity index (χ2v) is 1.80. The van der Waals surface area contributed by atoms with Gasteiger partial charge in [0.2, 0.25) is 5.91 Å². The highest BCUT2D eigenvalue weighted by Gasteiger charge is 2.35. The second kappa shape index (κ2) is 2.98. The molecule has 0 aromatic rings. The van der Waals surface area contributed by atoms with Crippen LogP contribution in [0.3, 0.4) is 0 Å². The topological polar surface area (TPSA) is 55.1 Å². The molecule has 9 heavy (non-hydrogen) atoms. The number of halogens is 2. The summed E-state index contributed by atoms with van der Waals surface area (Å²) in [5, 5.41) is 2.30. The molecule has 1 heterocycles. The molecule has 0 bridgehead atoms. The lowest BCUT2D eigenvalue weighted by molar-refractivity contribution is -0.130. The lowest BCUT2D eigenvalue weighted by Gasteiger charge is -2.31. The highest BCUT2D eigenvalue weighted by Crippen LogP contribution is 2.02. The maximum Gasteiger partial charge on any atom is 0.239 e. The third kappa shape index (κ3) is 1.31. The Morgan fingerprint density at radius 2 is 2.33 bits per heavy atom. The monoisotopic (exact) mass is 154 g/mol. The summed E-state index contributed by atoms with van der Waals surface area (Å²) >= 11 is 0. The summed E-state index contributed by atoms with van der Waals surface area (Å²) in [6.07, 6.45) is 0. The molecule has 54 valence electrons. The summed E-state index contributed by atoms with van der Waals surface area (Å²) in [5.41, 5.74) is 5.12. The molecule has 1 saturated heterocycles. The van der Waals surface area contributed by atoms with Crippen LogP contribution < -0.4 is 11.1 Å². The lowest BCUT2D eigenvalue weighted by atomic mass is 10.0. The number of β-lactam (4-membered cyclic amide) rings is 1. The summed E-state index contributed by atoms with van der Waals surface area (Å²) in [4.78, 5) is 10.2. The standard InChI is InChI=1S/C4H7FN2O.ClH/c5-1-2-3(6)4(8)7-2;/h2-3H,1,6H2,(H,7,8);1H/t2-,3+;/m1./s1. The zero-order chi connectivity index (χ0) is 6.15. The first-order chi connectivity index (χ1) is 3.75. The van der Waals surface area contributed by atoms with Crippen LogP contribution in [0.2, 0.25) is 0 Å². The highest BCUT2D eigenvalue weighted by atomic mass is 35.5. The Morgan fingerprint density at radius 1 is 1.78 bits per heavy atom. The zero-order valence-corrected chi connectivity index (χ0v) is 5.45. The number of nitrogens with one attached hydrogen (secondary N) is 1. The van der Waals surface area contributed by atoms with Gasteiger partial charge in [0.15, 0.2) is 0 Å². The van der Waals surface area contributed by atoms with Crippen molar-refractivity contribution in [2.45, 2.75) is 12.1 Å². The fraction of sp³-hybridized carbons (Fsp3) is 0.750. The van der Waals surface area contributed by atoms with Gasteiger partial charge in [0.25, 0.3) is 0 Å². The highest BCUT2D eigenvalue weighted by molar-refractivity contribution is 5.88. The van der Waals surface area contributed by atoms with E-state index in [0.717, 1.165) is 0 Å². The predicted molar refractivity (Wildman–Crippen MR) is 33.1 cm³/mol. The number of nitrogens with two attached hydrogens (primary N) is 1. The first kappa shape index (κ1) is 8.65. The maximum absolute atomic E-state index is 11.6. The summed E-state index contributed by atoms with van der Waals surface area (Å²) in [5.74, 6) is -0.257. The fourth-order valence-corrected chi connectivity index (χ4v) is 0.590. The van der Waals surface area contributed by atoms with E-state index in [2.05, 4.69) is 5.32 Å². The minimum atomic E-state index is -0.611. The van der Waals surface area contributed by atoms with E-state index in [0.29, 0.717) is 0 Å². The molecule has 0 unspecified atom stereocenters. The van der Waals surface area contributed by atoms with Crippen molar-refractivity contribution in [3.8, 4) is 0 Å². The molecule has 3 nitrogen and oxygen atoms in total. The van der Waals surface area contributed by atoms with Gasteiger partial charge in [0.1, 0.15) is 12.7 Å². The summed E-state index contributed by atoms with van der Waals surface area (Å²) in [6, 6.07) is -1.04. The molecule has 0 radical (unpaired) electrons. The van der Waals surface area contributed by atoms with Gasteiger partial charge >= 0.3 is 0 Å². The van der Waals surface area contributed by atoms with Crippen molar-refractivity contribution in [3.63, 3.8) is 0 Å². The van der Waals surface area contributed by atoms with E-state index in [1.54, 1.807) is 0 Å². The van der Waals surface area contributed by atoms with Crippen LogP contribution in [0.1, 0.15) is 0 Å². The minimum Gasteiger partial charge on any atom is -0.347 e. The van der Waals surface area contributed by atoms with Crippen molar-refractivity contribution >= 4 is 18.3 Å². The van der Waals surface area contributed by atoms with Gasteiger partial charge in [0.05, 0.1) is 6.04 Å². The summed E-state index contributed by atoms with van der Waals surface area (Å²) in [7, 11) is 0. The molecule has 1 fully saturated rings. The number of hydrogen-bond acceptors (Lipinski definition) is 2. The van der Waals surface area contributed by atoms with E-state index >= 15 is 0 Å². The summed E-state index contributed by atoms with van der Waals surface area (Å²) < 4.78 is 11.6. The molecular weight excluding hydrogens is 147 g/mol. The number of amides is 1. The van der Waals surface area contributed by atoms with Gasteiger partial charge in [-0.15, -0.1) is 12.4 Å². The van der Waals surface area contributed by atoms with Crippen LogP contribution >= 0.6 is 12.4 Å². The molecule has 5 heteroatoms. The third-order valence-electron chi connectivity index (χ3n) is 1.23. The zero-order valence-electron chi connectivity index (χ0n) is 4.63. The Hall–Kier alpha value is -0.350. The molecule has 1 aliphatic rings. The predicted octanol–water partition coefficient (Wildman–Crippen LogP) is -0.797. The number of hydrogen-bond donors (Lipinski definition) is 2. The molecule has 0 aliphatic carbocycles. The van der Waals surface area contributed by atoms with E-state index in [4.69, 9.17) is 5.73 Å². The van der Waals surface area contributed by atoms with Crippen LogP contribution in [0.4, 0.5) is 4.39 Å². The molecule has 0 aromatic carbocycles. The Labute approximate surface area is 58.2 Å². The molecule has 1 rings (SSSR count). The first-order valence-electron chi connectivity index (χ1n) is 2.37. The maximum atomic E-state index is 11.6. The van der Waals surface area contributed by atoms with Crippen LogP contribution in [0.15, 0.2) is 0 Å². The molecule has 1 aliphatic heterocycles. The van der Waals surface area contributed by atoms with E-state index in [9.17, 15) is 9.18 Å². The molecule has 0 aromatic heterocycles. The Balaban J connectivity index is 0.000000640. The Bertz CT molecular complexity index is 121. The van der Waals surface area contributed by atoms with E-state index in [1.807, 2.05) is 0 Å². The largest absolute Gasteiger partial charge is 0.347 e. The van der Waals surface area contributed by atoms with Crippen LogP contribution in [0.5, 0.6) is 0 Å².